The van der Waals surface area contributed by atoms with Crippen molar-refractivity contribution in [2.24, 2.45) is 23.7 Å². The molecule has 5 rings (SSSR count). The molecule has 0 radical (unpaired) electrons. The molecule has 1 aromatic carbocycles. The molecule has 1 amide bonds. The Morgan fingerprint density at radius 3 is 2.78 bits per heavy atom. The lowest BCUT2D eigenvalue weighted by molar-refractivity contribution is 0.0651. The maximum absolute atomic E-state index is 13.6. The number of nitrogens with zero attached hydrogens (tertiary/aromatic N) is 1. The summed E-state index contributed by atoms with van der Waals surface area (Å²) in [5.74, 6) is 0.313. The zero-order valence-electron chi connectivity index (χ0n) is 21.1. The molecule has 0 spiro atoms. The zero-order chi connectivity index (χ0) is 26.2. The van der Waals surface area contributed by atoms with Crippen LogP contribution >= 0.6 is 0 Å². The van der Waals surface area contributed by atoms with Crippen LogP contribution in [0.1, 0.15) is 45.2 Å². The molecule has 2 aromatic rings. The number of benzene rings is 1. The van der Waals surface area contributed by atoms with Crippen LogP contribution in [0.2, 0.25) is 0 Å². The molecular formula is C28H34FN3O4S. The van der Waals surface area contributed by atoms with E-state index in [1.807, 2.05) is 31.2 Å². The number of halogens is 1. The van der Waals surface area contributed by atoms with E-state index in [2.05, 4.69) is 21.1 Å². The van der Waals surface area contributed by atoms with Gasteiger partial charge in [-0.25, -0.2) is 22.3 Å². The number of hydrogen-bond donors (Lipinski definition) is 2. The van der Waals surface area contributed by atoms with Crippen molar-refractivity contribution in [1.82, 2.24) is 15.0 Å². The smallest absolute Gasteiger partial charge is 0.407 e. The second kappa shape index (κ2) is 10.5. The lowest BCUT2D eigenvalue weighted by Gasteiger charge is -2.48. The molecule has 2 aliphatic carbocycles. The predicted molar refractivity (Wildman–Crippen MR) is 140 cm³/mol. The third-order valence-corrected chi connectivity index (χ3v) is 10.3. The number of amides is 1. The summed E-state index contributed by atoms with van der Waals surface area (Å²) < 4.78 is 47.5. The fourth-order valence-electron chi connectivity index (χ4n) is 6.76. The van der Waals surface area contributed by atoms with E-state index in [0.717, 1.165) is 36.1 Å². The van der Waals surface area contributed by atoms with Crippen LogP contribution in [0.3, 0.4) is 0 Å². The van der Waals surface area contributed by atoms with E-state index in [4.69, 9.17) is 4.74 Å². The Kier molecular flexibility index (Phi) is 7.36. The van der Waals surface area contributed by atoms with Gasteiger partial charge in [0.15, 0.2) is 0 Å². The van der Waals surface area contributed by atoms with E-state index < -0.39 is 21.4 Å². The number of nitrogens with one attached hydrogen (secondary N) is 2. The van der Waals surface area contributed by atoms with E-state index in [1.54, 1.807) is 19.2 Å². The Hall–Kier alpha value is -2.78. The number of ether oxygens (including phenoxy) is 1. The average molecular weight is 528 g/mol. The van der Waals surface area contributed by atoms with Gasteiger partial charge in [-0.05, 0) is 93.0 Å². The first kappa shape index (κ1) is 25.9. The number of allylic oxidation sites excluding steroid dienone is 1. The van der Waals surface area contributed by atoms with Gasteiger partial charge in [0, 0.05) is 23.8 Å². The van der Waals surface area contributed by atoms with Crippen LogP contribution in [-0.4, -0.2) is 43.4 Å². The maximum Gasteiger partial charge on any atom is 0.407 e. The summed E-state index contributed by atoms with van der Waals surface area (Å²) in [6, 6.07) is 10.1. The predicted octanol–water partition coefficient (Wildman–Crippen LogP) is 4.76. The van der Waals surface area contributed by atoms with Crippen molar-refractivity contribution in [3.05, 3.63) is 60.2 Å². The van der Waals surface area contributed by atoms with Crippen LogP contribution in [0.5, 0.6) is 0 Å². The summed E-state index contributed by atoms with van der Waals surface area (Å²) in [5, 5.41) is 2.52. The Balaban J connectivity index is 1.37. The number of carbonyl (C=O) groups excluding carboxylic acids is 1. The lowest BCUT2D eigenvalue weighted by atomic mass is 9.59. The summed E-state index contributed by atoms with van der Waals surface area (Å²) in [4.78, 5) is 16.5. The van der Waals surface area contributed by atoms with Crippen molar-refractivity contribution < 1.29 is 22.3 Å². The molecule has 1 saturated heterocycles. The molecule has 0 unspecified atom stereocenters. The van der Waals surface area contributed by atoms with Crippen molar-refractivity contribution >= 4 is 22.2 Å². The number of fused-ring (bicyclic) bond motifs is 2. The summed E-state index contributed by atoms with van der Waals surface area (Å²) in [6.07, 6.45) is 8.58. The highest BCUT2D eigenvalue weighted by Gasteiger charge is 2.55. The summed E-state index contributed by atoms with van der Waals surface area (Å²) in [5.41, 5.74) is 2.38. The number of hydrogen-bond acceptors (Lipinski definition) is 5. The number of aromatic nitrogens is 1. The fourth-order valence-corrected chi connectivity index (χ4v) is 8.94. The summed E-state index contributed by atoms with van der Waals surface area (Å²) >= 11 is 0. The highest BCUT2D eigenvalue weighted by Crippen LogP contribution is 2.52. The van der Waals surface area contributed by atoms with Crippen molar-refractivity contribution in [3.63, 3.8) is 0 Å². The van der Waals surface area contributed by atoms with Crippen molar-refractivity contribution in [3.8, 4) is 11.1 Å². The van der Waals surface area contributed by atoms with Gasteiger partial charge in [0.25, 0.3) is 0 Å². The van der Waals surface area contributed by atoms with Crippen molar-refractivity contribution in [1.29, 1.82) is 0 Å². The number of pyridine rings is 1. The topological polar surface area (TPSA) is 97.4 Å². The molecule has 1 aliphatic heterocycles. The zero-order valence-corrected chi connectivity index (χ0v) is 22.0. The van der Waals surface area contributed by atoms with Crippen LogP contribution in [0.4, 0.5) is 9.18 Å². The number of alkyl carbamates (subject to hydrolysis) is 1. The first-order valence-corrected chi connectivity index (χ1v) is 14.6. The average Bonchev–Trinajstić information content (AvgIpc) is 3.09. The Morgan fingerprint density at radius 2 is 2.05 bits per heavy atom. The van der Waals surface area contributed by atoms with Gasteiger partial charge in [0.05, 0.1) is 17.6 Å². The second-order valence-electron chi connectivity index (χ2n) is 10.5. The van der Waals surface area contributed by atoms with Crippen LogP contribution in [0.25, 0.3) is 17.2 Å². The van der Waals surface area contributed by atoms with Gasteiger partial charge in [-0.3, -0.25) is 4.98 Å². The summed E-state index contributed by atoms with van der Waals surface area (Å²) in [6.45, 7) is 4.06. The molecule has 7 atom stereocenters. The number of carbonyl (C=O) groups is 1. The molecule has 3 aliphatic rings. The molecule has 198 valence electrons. The molecule has 7 nitrogen and oxygen atoms in total. The maximum atomic E-state index is 13.6. The minimum atomic E-state index is -3.39. The SMILES string of the molecule is CCOC(=O)N[C@@H]1CC[C@@H]2[C@@H](C1)C[C@@H]1[C@H]([C@H]2/C=C/c2ccc(-c3cccc(F)c3)cn2)[C@@H](C)NS1(=O)=O. The van der Waals surface area contributed by atoms with Gasteiger partial charge in [0.1, 0.15) is 5.82 Å². The van der Waals surface area contributed by atoms with E-state index >= 15 is 0 Å². The van der Waals surface area contributed by atoms with Crippen molar-refractivity contribution in [2.45, 2.75) is 56.9 Å². The van der Waals surface area contributed by atoms with Gasteiger partial charge in [-0.2, -0.15) is 0 Å². The van der Waals surface area contributed by atoms with Gasteiger partial charge in [0.2, 0.25) is 10.0 Å². The first-order valence-electron chi connectivity index (χ1n) is 13.1. The quantitative estimate of drug-likeness (QED) is 0.585. The molecule has 9 heteroatoms. The third-order valence-electron chi connectivity index (χ3n) is 8.30. The van der Waals surface area contributed by atoms with Crippen LogP contribution in [0.15, 0.2) is 48.7 Å². The number of rotatable bonds is 5. The van der Waals surface area contributed by atoms with Gasteiger partial charge in [-0.1, -0.05) is 24.3 Å². The van der Waals surface area contributed by atoms with Crippen LogP contribution in [0, 0.1) is 29.5 Å². The van der Waals surface area contributed by atoms with Gasteiger partial charge < -0.3 is 10.1 Å². The molecule has 3 fully saturated rings. The van der Waals surface area contributed by atoms with Crippen molar-refractivity contribution in [2.75, 3.05) is 6.61 Å². The first-order chi connectivity index (χ1) is 17.7. The largest absolute Gasteiger partial charge is 0.450 e. The van der Waals surface area contributed by atoms with E-state index in [1.165, 1.54) is 12.1 Å². The molecule has 2 saturated carbocycles. The van der Waals surface area contributed by atoms with E-state index in [0.29, 0.717) is 18.9 Å². The van der Waals surface area contributed by atoms with Gasteiger partial charge in [-0.15, -0.1) is 0 Å². The normalized spacial score (nSPS) is 32.5. The van der Waals surface area contributed by atoms with E-state index in [9.17, 15) is 17.6 Å². The lowest BCUT2D eigenvalue weighted by Crippen LogP contribution is -2.50. The molecular weight excluding hydrogens is 493 g/mol. The fraction of sp³-hybridized carbons (Fsp3) is 0.500. The molecule has 2 heterocycles. The third kappa shape index (κ3) is 5.43. The Bertz CT molecular complexity index is 1270. The Labute approximate surface area is 218 Å². The molecule has 1 aromatic heterocycles. The van der Waals surface area contributed by atoms with Gasteiger partial charge >= 0.3 is 6.09 Å². The highest BCUT2D eigenvalue weighted by molar-refractivity contribution is 7.90. The highest BCUT2D eigenvalue weighted by atomic mass is 32.2. The van der Waals surface area contributed by atoms with Crippen LogP contribution in [-0.2, 0) is 14.8 Å². The molecule has 2 N–H and O–H groups in total. The molecule has 0 bridgehead atoms. The molecule has 37 heavy (non-hydrogen) atoms. The standard InChI is InChI=1S/C28H34FN3O4S/c1-3-36-28(33)31-23-10-11-24-20(14-23)15-26-27(17(2)32-37(26,34)35)25(24)12-9-22-8-7-19(16-30-22)18-5-4-6-21(29)13-18/h4-9,12-13,16-17,20,23-27,32H,3,10-11,14-15H2,1-2H3,(H,31,33)/b12-9+/t17-,20+,23-,24-,25+,26-,27+/m1/s1. The Morgan fingerprint density at radius 1 is 1.22 bits per heavy atom. The number of sulfonamides is 1. The minimum absolute atomic E-state index is 0.00648. The summed E-state index contributed by atoms with van der Waals surface area (Å²) in [7, 11) is -3.39. The monoisotopic (exact) mass is 527 g/mol. The van der Waals surface area contributed by atoms with Crippen LogP contribution < -0.4 is 10.0 Å². The minimum Gasteiger partial charge on any atom is -0.450 e. The van der Waals surface area contributed by atoms with E-state index in [-0.39, 0.29) is 35.7 Å². The second-order valence-corrected chi connectivity index (χ2v) is 12.5.